The lowest BCUT2D eigenvalue weighted by Gasteiger charge is -2.14. The third-order valence-electron chi connectivity index (χ3n) is 4.09. The number of carbonyl (C=O) groups excluding carboxylic acids is 1. The second-order valence-corrected chi connectivity index (χ2v) is 8.09. The molecule has 0 aliphatic carbocycles. The third-order valence-corrected chi connectivity index (χ3v) is 5.55. The average Bonchev–Trinajstić information content (AvgIpc) is 3.11. The van der Waals surface area contributed by atoms with Crippen LogP contribution >= 0.6 is 27.7 Å². The van der Waals surface area contributed by atoms with Crippen molar-refractivity contribution in [2.75, 3.05) is 12.8 Å². The van der Waals surface area contributed by atoms with E-state index in [-0.39, 0.29) is 5.91 Å². The van der Waals surface area contributed by atoms with Crippen molar-refractivity contribution in [2.45, 2.75) is 19.2 Å². The zero-order chi connectivity index (χ0) is 19.2. The quantitative estimate of drug-likeness (QED) is 0.527. The number of thioether (sulfide) groups is 1. The van der Waals surface area contributed by atoms with Crippen molar-refractivity contribution in [3.8, 4) is 11.4 Å². The van der Waals surface area contributed by atoms with Gasteiger partial charge in [0.05, 0.1) is 12.3 Å². The van der Waals surface area contributed by atoms with Gasteiger partial charge in [0, 0.05) is 22.8 Å². The molecule has 140 valence electrons. The van der Waals surface area contributed by atoms with Gasteiger partial charge in [0.15, 0.2) is 0 Å². The van der Waals surface area contributed by atoms with Crippen molar-refractivity contribution in [2.24, 2.45) is 0 Å². The van der Waals surface area contributed by atoms with E-state index in [1.165, 1.54) is 11.1 Å². The molecule has 1 amide bonds. The van der Waals surface area contributed by atoms with Gasteiger partial charge < -0.3 is 9.42 Å². The molecule has 3 rings (SSSR count). The first-order valence-corrected chi connectivity index (χ1v) is 10.4. The Morgan fingerprint density at radius 1 is 1.22 bits per heavy atom. The molecular formula is C20H20BrN3O2S. The summed E-state index contributed by atoms with van der Waals surface area (Å²) >= 11 is 5.04. The summed E-state index contributed by atoms with van der Waals surface area (Å²) in [5.74, 6) is 2.21. The van der Waals surface area contributed by atoms with Gasteiger partial charge in [-0.2, -0.15) is 4.98 Å². The summed E-state index contributed by atoms with van der Waals surface area (Å²) < 4.78 is 6.24. The maximum atomic E-state index is 12.4. The van der Waals surface area contributed by atoms with Crippen LogP contribution in [0.3, 0.4) is 0 Å². The van der Waals surface area contributed by atoms with Gasteiger partial charge in [-0.3, -0.25) is 4.79 Å². The Morgan fingerprint density at radius 2 is 2.04 bits per heavy atom. The van der Waals surface area contributed by atoms with E-state index in [1.807, 2.05) is 36.4 Å². The number of aryl methyl sites for hydroxylation is 1. The van der Waals surface area contributed by atoms with Gasteiger partial charge in [-0.25, -0.2) is 0 Å². The molecule has 0 fully saturated rings. The number of aromatic nitrogens is 2. The zero-order valence-electron chi connectivity index (χ0n) is 15.2. The number of halogens is 1. The van der Waals surface area contributed by atoms with Crippen LogP contribution in [0.2, 0.25) is 0 Å². The Kier molecular flexibility index (Phi) is 6.68. The normalized spacial score (nSPS) is 10.8. The van der Waals surface area contributed by atoms with Gasteiger partial charge in [0.2, 0.25) is 17.6 Å². The Morgan fingerprint density at radius 3 is 2.81 bits per heavy atom. The summed E-state index contributed by atoms with van der Waals surface area (Å²) in [4.78, 5) is 18.4. The predicted octanol–water partition coefficient (Wildman–Crippen LogP) is 4.70. The van der Waals surface area contributed by atoms with E-state index >= 15 is 0 Å². The molecule has 0 saturated heterocycles. The van der Waals surface area contributed by atoms with Crippen LogP contribution in [-0.4, -0.2) is 33.7 Å². The lowest BCUT2D eigenvalue weighted by Crippen LogP contribution is -2.28. The number of hydrogen-bond acceptors (Lipinski definition) is 5. The Bertz CT molecular complexity index is 929. The van der Waals surface area contributed by atoms with Gasteiger partial charge in [0.25, 0.3) is 0 Å². The number of carbonyl (C=O) groups is 1. The number of rotatable bonds is 7. The van der Waals surface area contributed by atoms with E-state index in [2.05, 4.69) is 45.1 Å². The fourth-order valence-corrected chi connectivity index (χ4v) is 3.93. The molecule has 0 unspecified atom stereocenters. The van der Waals surface area contributed by atoms with Crippen LogP contribution in [0.5, 0.6) is 0 Å². The minimum Gasteiger partial charge on any atom is -0.337 e. The molecule has 1 heterocycles. The van der Waals surface area contributed by atoms with Gasteiger partial charge in [-0.05, 0) is 30.2 Å². The number of nitrogens with zero attached hydrogens (tertiary/aromatic N) is 3. The summed E-state index contributed by atoms with van der Waals surface area (Å²) in [6.45, 7) is 2.38. The first kappa shape index (κ1) is 19.6. The summed E-state index contributed by atoms with van der Waals surface area (Å²) in [5.41, 5.74) is 3.37. The summed E-state index contributed by atoms with van der Waals surface area (Å²) in [6.07, 6.45) is 0. The van der Waals surface area contributed by atoms with Crippen molar-refractivity contribution >= 4 is 33.6 Å². The fraction of sp³-hybridized carbons (Fsp3) is 0.250. The summed E-state index contributed by atoms with van der Waals surface area (Å²) in [6, 6.07) is 15.9. The molecule has 0 radical (unpaired) electrons. The Labute approximate surface area is 171 Å². The minimum atomic E-state index is 0.0378. The second-order valence-electron chi connectivity index (χ2n) is 6.19. The number of benzene rings is 2. The molecule has 0 spiro atoms. The van der Waals surface area contributed by atoms with E-state index in [0.717, 1.165) is 15.8 Å². The lowest BCUT2D eigenvalue weighted by atomic mass is 10.1. The van der Waals surface area contributed by atoms with Gasteiger partial charge in [-0.15, -0.1) is 11.8 Å². The van der Waals surface area contributed by atoms with Crippen LogP contribution in [0.25, 0.3) is 11.4 Å². The largest absolute Gasteiger partial charge is 0.337 e. The highest BCUT2D eigenvalue weighted by atomic mass is 79.9. The van der Waals surface area contributed by atoms with E-state index in [9.17, 15) is 4.79 Å². The van der Waals surface area contributed by atoms with E-state index in [1.54, 1.807) is 23.7 Å². The van der Waals surface area contributed by atoms with Crippen LogP contribution in [0.4, 0.5) is 0 Å². The first-order valence-electron chi connectivity index (χ1n) is 8.47. The minimum absolute atomic E-state index is 0.0378. The predicted molar refractivity (Wildman–Crippen MR) is 111 cm³/mol. The fourth-order valence-electron chi connectivity index (χ4n) is 2.49. The molecule has 0 aliphatic heterocycles. The SMILES string of the molecule is Cc1ccccc1CSCC(=O)N(C)Cc1nc(-c2cccc(Br)c2)no1. The second kappa shape index (κ2) is 9.19. The molecule has 7 heteroatoms. The molecule has 3 aromatic rings. The molecule has 0 bridgehead atoms. The number of amides is 1. The lowest BCUT2D eigenvalue weighted by molar-refractivity contribution is -0.127. The third kappa shape index (κ3) is 5.43. The zero-order valence-corrected chi connectivity index (χ0v) is 17.6. The van der Waals surface area contributed by atoms with Gasteiger partial charge >= 0.3 is 0 Å². The van der Waals surface area contributed by atoms with E-state index in [0.29, 0.717) is 24.0 Å². The van der Waals surface area contributed by atoms with Crippen molar-refractivity contribution in [1.82, 2.24) is 15.0 Å². The van der Waals surface area contributed by atoms with Crippen LogP contribution in [0, 0.1) is 6.92 Å². The maximum Gasteiger partial charge on any atom is 0.246 e. The molecule has 1 aromatic heterocycles. The summed E-state index contributed by atoms with van der Waals surface area (Å²) in [5, 5.41) is 4.00. The molecule has 5 nitrogen and oxygen atoms in total. The molecule has 0 atom stereocenters. The molecular weight excluding hydrogens is 426 g/mol. The highest BCUT2D eigenvalue weighted by molar-refractivity contribution is 9.10. The van der Waals surface area contributed by atoms with Gasteiger partial charge in [-0.1, -0.05) is 57.5 Å². The first-order chi connectivity index (χ1) is 13.0. The van der Waals surface area contributed by atoms with E-state index < -0.39 is 0 Å². The van der Waals surface area contributed by atoms with Crippen molar-refractivity contribution in [3.63, 3.8) is 0 Å². The molecule has 27 heavy (non-hydrogen) atoms. The molecule has 2 aromatic carbocycles. The van der Waals surface area contributed by atoms with Crippen LogP contribution in [-0.2, 0) is 17.1 Å². The van der Waals surface area contributed by atoms with Crippen LogP contribution in [0.1, 0.15) is 17.0 Å². The standard InChI is InChI=1S/C20H20BrN3O2S/c1-14-6-3-4-7-16(14)12-27-13-19(25)24(2)11-18-22-20(23-26-18)15-8-5-9-17(21)10-15/h3-10H,11-13H2,1-2H3. The topological polar surface area (TPSA) is 59.2 Å². The van der Waals surface area contributed by atoms with Crippen LogP contribution < -0.4 is 0 Å². The van der Waals surface area contributed by atoms with Crippen LogP contribution in [0.15, 0.2) is 57.5 Å². The molecule has 0 aliphatic rings. The highest BCUT2D eigenvalue weighted by Gasteiger charge is 2.15. The Balaban J connectivity index is 1.52. The smallest absolute Gasteiger partial charge is 0.246 e. The van der Waals surface area contributed by atoms with Crippen molar-refractivity contribution in [1.29, 1.82) is 0 Å². The van der Waals surface area contributed by atoms with Gasteiger partial charge in [0.1, 0.15) is 0 Å². The van der Waals surface area contributed by atoms with Crippen molar-refractivity contribution in [3.05, 3.63) is 70.0 Å². The Hall–Kier alpha value is -2.12. The van der Waals surface area contributed by atoms with Crippen molar-refractivity contribution < 1.29 is 9.32 Å². The average molecular weight is 446 g/mol. The number of hydrogen-bond donors (Lipinski definition) is 0. The summed E-state index contributed by atoms with van der Waals surface area (Å²) in [7, 11) is 1.75. The molecule has 0 saturated carbocycles. The highest BCUT2D eigenvalue weighted by Crippen LogP contribution is 2.21. The maximum absolute atomic E-state index is 12.4. The molecule has 0 N–H and O–H groups in total. The van der Waals surface area contributed by atoms with E-state index in [4.69, 9.17) is 4.52 Å². The monoisotopic (exact) mass is 445 g/mol.